The Balaban J connectivity index is 1.59. The van der Waals surface area contributed by atoms with Crippen molar-refractivity contribution < 1.29 is 47.1 Å². The highest BCUT2D eigenvalue weighted by Crippen LogP contribution is 2.47. The van der Waals surface area contributed by atoms with Gasteiger partial charge in [-0.15, -0.1) is 0 Å². The van der Waals surface area contributed by atoms with E-state index in [4.69, 9.17) is 15.3 Å². The number of ketones is 1. The molecule has 2 heterocycles. The van der Waals surface area contributed by atoms with Crippen LogP contribution in [-0.2, 0) is 35.9 Å². The lowest BCUT2D eigenvalue weighted by atomic mass is 9.73. The Morgan fingerprint density at radius 2 is 1.96 bits per heavy atom. The molecule has 2 aliphatic heterocycles. The van der Waals surface area contributed by atoms with Crippen LogP contribution in [0.15, 0.2) is 69.6 Å². The van der Waals surface area contributed by atoms with E-state index in [1.165, 1.54) is 31.6 Å². The molecule has 1 aromatic rings. The van der Waals surface area contributed by atoms with Gasteiger partial charge in [-0.3, -0.25) is 19.0 Å². The highest BCUT2D eigenvalue weighted by molar-refractivity contribution is 7.84. The molecule has 1 saturated heterocycles. The van der Waals surface area contributed by atoms with Crippen LogP contribution in [0.5, 0.6) is 11.5 Å². The summed E-state index contributed by atoms with van der Waals surface area (Å²) < 4.78 is 41.0. The van der Waals surface area contributed by atoms with E-state index in [0.29, 0.717) is 11.3 Å². The Morgan fingerprint density at radius 1 is 1.25 bits per heavy atom. The molecule has 1 aromatic carbocycles. The number of carbonyl (C=O) groups is 3. The lowest BCUT2D eigenvalue weighted by Gasteiger charge is -2.38. The first-order valence-electron chi connectivity index (χ1n) is 18.3. The number of aromatic hydroxyl groups is 1. The van der Waals surface area contributed by atoms with Gasteiger partial charge in [0.1, 0.15) is 24.1 Å². The van der Waals surface area contributed by atoms with Gasteiger partial charge in [-0.1, -0.05) is 48.7 Å². The van der Waals surface area contributed by atoms with E-state index < -0.39 is 51.6 Å². The van der Waals surface area contributed by atoms with Crippen LogP contribution in [0.25, 0.3) is 0 Å². The number of hydrogen-bond donors (Lipinski definition) is 4. The second kappa shape index (κ2) is 17.8. The number of aliphatic carboxylic acids is 1. The largest absolute Gasteiger partial charge is 0.507 e. The number of aryl methyl sites for hydroxylation is 1. The number of hydrogen-bond acceptors (Lipinski definition) is 12. The zero-order chi connectivity index (χ0) is 40.8. The number of allylic oxidation sites excluding steroid dienone is 4. The number of nitrogens with zero attached hydrogens (tertiary/aromatic N) is 4. The van der Waals surface area contributed by atoms with Crippen molar-refractivity contribution in [3.8, 4) is 11.5 Å². The van der Waals surface area contributed by atoms with Gasteiger partial charge in [0.2, 0.25) is 5.60 Å². The van der Waals surface area contributed by atoms with Crippen molar-refractivity contribution in [2.45, 2.75) is 97.5 Å². The number of phenolic OH excluding ortho intramolecular Hbond substituents is 1. The summed E-state index contributed by atoms with van der Waals surface area (Å²) in [5.74, 6) is -3.73. The number of aliphatic imine (C=N–C) groups is 1. The maximum absolute atomic E-state index is 13.6. The number of oxime groups is 1. The Morgan fingerprint density at radius 3 is 2.56 bits per heavy atom. The van der Waals surface area contributed by atoms with Gasteiger partial charge in [0.25, 0.3) is 5.91 Å². The molecular formula is C39H53N5O10S. The second-order valence-electron chi connectivity index (χ2n) is 15.0. The Kier molecular flexibility index (Phi) is 13.9. The van der Waals surface area contributed by atoms with E-state index in [1.807, 2.05) is 13.0 Å². The number of carboxylic acid groups (broad SMARTS) is 1. The molecule has 0 unspecified atom stereocenters. The van der Waals surface area contributed by atoms with Gasteiger partial charge >= 0.3 is 16.3 Å². The summed E-state index contributed by atoms with van der Waals surface area (Å²) in [6.45, 7) is 12.9. The number of carbonyl (C=O) groups excluding carboxylic acids is 2. The molecule has 0 bridgehead atoms. The van der Waals surface area contributed by atoms with Gasteiger partial charge in [-0.05, 0) is 96.2 Å². The number of likely N-dealkylation sites (N-methyl/N-ethyl adjacent to an activating group) is 1. The smallest absolute Gasteiger partial charge is 0.366 e. The molecule has 16 heteroatoms. The molecule has 1 aliphatic carbocycles. The van der Waals surface area contributed by atoms with E-state index in [1.54, 1.807) is 18.0 Å². The summed E-state index contributed by atoms with van der Waals surface area (Å²) in [5.41, 5.74) is 7.24. The number of nitrogens with two attached hydrogens (primary N) is 1. The fraction of sp³-hybridized carbons (Fsp3) is 0.513. The Bertz CT molecular complexity index is 1960. The summed E-state index contributed by atoms with van der Waals surface area (Å²) in [6.07, 6.45) is 10.3. The van der Waals surface area contributed by atoms with Crippen molar-refractivity contribution >= 4 is 39.5 Å². The maximum atomic E-state index is 13.6. The molecular weight excluding hydrogens is 731 g/mol. The number of ether oxygens (including phenoxy) is 1. The van der Waals surface area contributed by atoms with Gasteiger partial charge in [0.15, 0.2) is 11.5 Å². The van der Waals surface area contributed by atoms with E-state index in [9.17, 15) is 37.6 Å². The maximum Gasteiger partial charge on any atom is 0.366 e. The number of unbranched alkanes of at least 4 members (excludes halogenated alkanes) is 2. The van der Waals surface area contributed by atoms with Gasteiger partial charge in [0, 0.05) is 36.6 Å². The SMILES string of the molecule is C=C(C)[C@@H]1CCC(C)=C[C@H]1c1c(O)cc(CCCCC)cc1OCN(C)C/C=C1\[C@H](CC(=O)/C(=N\OC(C)(C)C(=O)O)C2=CCC(N)=N2)C(=O)N1S(=O)(=O)O. The lowest BCUT2D eigenvalue weighted by Crippen LogP contribution is -2.54. The van der Waals surface area contributed by atoms with Gasteiger partial charge < -0.3 is 25.5 Å². The standard InChI is InChI=1S/C39H53N5O10S/c1-8-9-10-11-25-19-31(45)35(27-18-24(4)12-13-26(27)23(2)3)33(20-25)53-22-43(7)17-16-30-28(37(47)44(30)55(50,51)52)21-32(46)36(29-14-15-34(40)41-29)42-54-39(5,6)38(48)49/h14,16,18-20,26-28,45H,2,8-13,15,17,21-22H2,1,3-7H3,(H2,40,41)(H,48,49)(H,50,51,52)/b30-16+,42-36-/t26-,27+,28-/m0/s1. The third kappa shape index (κ3) is 10.5. The third-order valence-corrected chi connectivity index (χ3v) is 10.7. The van der Waals surface area contributed by atoms with Crippen LogP contribution < -0.4 is 10.5 Å². The molecule has 4 rings (SSSR count). The summed E-state index contributed by atoms with van der Waals surface area (Å²) in [6, 6.07) is 3.76. The van der Waals surface area contributed by atoms with E-state index in [2.05, 4.69) is 36.7 Å². The number of carboxylic acids is 1. The van der Waals surface area contributed by atoms with Crippen LogP contribution in [0, 0.1) is 11.8 Å². The molecule has 0 spiro atoms. The summed E-state index contributed by atoms with van der Waals surface area (Å²) >= 11 is 0. The van der Waals surface area contributed by atoms with Crippen molar-refractivity contribution in [1.82, 2.24) is 9.21 Å². The van der Waals surface area contributed by atoms with E-state index in [-0.39, 0.29) is 58.8 Å². The minimum absolute atomic E-state index is 0.00764. The molecule has 300 valence electrons. The van der Waals surface area contributed by atoms with Crippen LogP contribution in [0.1, 0.15) is 96.6 Å². The molecule has 1 amide bonds. The van der Waals surface area contributed by atoms with E-state index >= 15 is 0 Å². The first-order chi connectivity index (χ1) is 25.7. The first kappa shape index (κ1) is 42.9. The van der Waals surface area contributed by atoms with Crippen LogP contribution in [0.4, 0.5) is 0 Å². The fourth-order valence-electron chi connectivity index (χ4n) is 6.69. The number of amidine groups is 1. The molecule has 5 N–H and O–H groups in total. The molecule has 55 heavy (non-hydrogen) atoms. The van der Waals surface area contributed by atoms with Crippen molar-refractivity contribution in [2.75, 3.05) is 20.3 Å². The summed E-state index contributed by atoms with van der Waals surface area (Å²) in [4.78, 5) is 49.2. The first-order valence-corrected chi connectivity index (χ1v) is 19.7. The van der Waals surface area contributed by atoms with Crippen LogP contribution in [0.3, 0.4) is 0 Å². The highest BCUT2D eigenvalue weighted by Gasteiger charge is 2.50. The summed E-state index contributed by atoms with van der Waals surface area (Å²) in [5, 5.41) is 24.6. The predicted octanol–water partition coefficient (Wildman–Crippen LogP) is 5.39. The molecule has 0 aromatic heterocycles. The highest BCUT2D eigenvalue weighted by atomic mass is 32.2. The Labute approximate surface area is 322 Å². The predicted molar refractivity (Wildman–Crippen MR) is 208 cm³/mol. The van der Waals surface area contributed by atoms with Crippen LogP contribution >= 0.6 is 0 Å². The molecule has 0 saturated carbocycles. The zero-order valence-electron chi connectivity index (χ0n) is 32.4. The average Bonchev–Trinajstić information content (AvgIpc) is 3.52. The van der Waals surface area contributed by atoms with Crippen molar-refractivity contribution in [3.05, 3.63) is 70.6 Å². The number of β-lactam (4-membered cyclic amide) rings is 1. The molecule has 0 radical (unpaired) electrons. The van der Waals surface area contributed by atoms with Crippen molar-refractivity contribution in [1.29, 1.82) is 0 Å². The number of amides is 1. The monoisotopic (exact) mass is 783 g/mol. The molecule has 3 atom stereocenters. The van der Waals surface area contributed by atoms with E-state index in [0.717, 1.165) is 49.7 Å². The molecule has 1 fully saturated rings. The number of benzene rings is 1. The minimum atomic E-state index is -5.03. The number of Topliss-reactive ketones (excluding diaryl/α,β-unsaturated/α-hetero) is 1. The van der Waals surface area contributed by atoms with Crippen molar-refractivity contribution in [3.63, 3.8) is 0 Å². The molecule has 15 nitrogen and oxygen atoms in total. The zero-order valence-corrected chi connectivity index (χ0v) is 33.2. The third-order valence-electron chi connectivity index (χ3n) is 9.88. The Hall–Kier alpha value is -4.80. The normalized spacial score (nSPS) is 21.2. The summed E-state index contributed by atoms with van der Waals surface area (Å²) in [7, 11) is -3.33. The van der Waals surface area contributed by atoms with Crippen molar-refractivity contribution in [2.24, 2.45) is 27.7 Å². The van der Waals surface area contributed by atoms with Gasteiger partial charge in [-0.25, -0.2) is 9.79 Å². The van der Waals surface area contributed by atoms with Crippen LogP contribution in [0.2, 0.25) is 0 Å². The quantitative estimate of drug-likeness (QED) is 0.0264. The van der Waals surface area contributed by atoms with Gasteiger partial charge in [0.05, 0.1) is 11.6 Å². The molecule has 3 aliphatic rings. The second-order valence-corrected chi connectivity index (χ2v) is 16.2. The topological polar surface area (TPSA) is 222 Å². The number of rotatable bonds is 19. The lowest BCUT2D eigenvalue weighted by molar-refractivity contribution is -0.161. The van der Waals surface area contributed by atoms with Gasteiger partial charge in [-0.2, -0.15) is 12.7 Å². The average molecular weight is 784 g/mol. The number of phenols is 1. The minimum Gasteiger partial charge on any atom is -0.507 e. The fourth-order valence-corrected chi connectivity index (χ4v) is 7.51. The van der Waals surface area contributed by atoms with Crippen LogP contribution in [-0.4, -0.2) is 87.5 Å².